The molecule has 0 aromatic carbocycles. The Morgan fingerprint density at radius 3 is 2.87 bits per heavy atom. The van der Waals surface area contributed by atoms with Gasteiger partial charge in [-0.2, -0.15) is 0 Å². The average Bonchev–Trinajstić information content (AvgIpc) is 2.61. The van der Waals surface area contributed by atoms with Crippen LogP contribution in [0.2, 0.25) is 0 Å². The molecule has 1 aromatic rings. The lowest BCUT2D eigenvalue weighted by Crippen LogP contribution is -2.32. The van der Waals surface area contributed by atoms with Gasteiger partial charge in [0.05, 0.1) is 0 Å². The third-order valence-electron chi connectivity index (χ3n) is 2.11. The number of halogens is 1. The maximum absolute atomic E-state index is 11.6. The Kier molecular flexibility index (Phi) is 4.88. The highest BCUT2D eigenvalue weighted by atomic mass is 79.9. The van der Waals surface area contributed by atoms with Crippen molar-refractivity contribution in [3.05, 3.63) is 23.7 Å². The fraction of sp³-hybridized carbons (Fsp3) is 0.545. The molecule has 0 aliphatic carbocycles. The number of carbonyl (C=O) groups is 1. The minimum absolute atomic E-state index is 0.134. The summed E-state index contributed by atoms with van der Waals surface area (Å²) in [7, 11) is 0. The lowest BCUT2D eigenvalue weighted by Gasteiger charge is -2.11. The van der Waals surface area contributed by atoms with Crippen LogP contribution in [0.4, 0.5) is 0 Å². The molecule has 0 radical (unpaired) electrons. The third-order valence-corrected chi connectivity index (χ3v) is 2.67. The normalized spacial score (nSPS) is 12.5. The van der Waals surface area contributed by atoms with Crippen LogP contribution in [0.3, 0.4) is 0 Å². The number of alkyl halides is 1. The summed E-state index contributed by atoms with van der Waals surface area (Å²) in [6, 6.07) is 3.67. The first kappa shape index (κ1) is 12.3. The van der Waals surface area contributed by atoms with E-state index >= 15 is 0 Å². The van der Waals surface area contributed by atoms with Gasteiger partial charge in [-0.25, -0.2) is 0 Å². The van der Waals surface area contributed by atoms with E-state index in [0.29, 0.717) is 5.76 Å². The molecular weight excluding hydrogens is 258 g/mol. The zero-order chi connectivity index (χ0) is 11.3. The SMILES string of the molecule is Cc1ccc(C(=O)NC(C)CCCBr)o1. The number of rotatable bonds is 5. The lowest BCUT2D eigenvalue weighted by atomic mass is 10.2. The van der Waals surface area contributed by atoms with Gasteiger partial charge in [0.1, 0.15) is 5.76 Å². The summed E-state index contributed by atoms with van der Waals surface area (Å²) in [6.07, 6.45) is 2.02. The quantitative estimate of drug-likeness (QED) is 0.839. The van der Waals surface area contributed by atoms with Crippen molar-refractivity contribution in [2.45, 2.75) is 32.7 Å². The van der Waals surface area contributed by atoms with Crippen LogP contribution < -0.4 is 5.32 Å². The van der Waals surface area contributed by atoms with Crippen molar-refractivity contribution < 1.29 is 9.21 Å². The molecule has 0 spiro atoms. The maximum atomic E-state index is 11.6. The Balaban J connectivity index is 2.42. The Hall–Kier alpha value is -0.770. The van der Waals surface area contributed by atoms with Crippen LogP contribution in [0.15, 0.2) is 16.5 Å². The Morgan fingerprint density at radius 1 is 1.60 bits per heavy atom. The number of hydrogen-bond acceptors (Lipinski definition) is 2. The summed E-state index contributed by atoms with van der Waals surface area (Å²) >= 11 is 3.36. The molecule has 0 fully saturated rings. The van der Waals surface area contributed by atoms with Crippen LogP contribution in [-0.2, 0) is 0 Å². The molecule has 1 amide bonds. The predicted molar refractivity (Wildman–Crippen MR) is 63.4 cm³/mol. The predicted octanol–water partition coefficient (Wildman–Crippen LogP) is 2.88. The van der Waals surface area contributed by atoms with E-state index < -0.39 is 0 Å². The first-order valence-electron chi connectivity index (χ1n) is 5.06. The largest absolute Gasteiger partial charge is 0.456 e. The molecule has 1 heterocycles. The zero-order valence-corrected chi connectivity index (χ0v) is 10.6. The third kappa shape index (κ3) is 4.08. The molecule has 84 valence electrons. The van der Waals surface area contributed by atoms with Crippen LogP contribution in [0, 0.1) is 6.92 Å². The van der Waals surface area contributed by atoms with Crippen LogP contribution in [0.25, 0.3) is 0 Å². The van der Waals surface area contributed by atoms with Crippen LogP contribution in [0.5, 0.6) is 0 Å². The van der Waals surface area contributed by atoms with Crippen LogP contribution >= 0.6 is 15.9 Å². The number of amides is 1. The highest BCUT2D eigenvalue weighted by Gasteiger charge is 2.12. The van der Waals surface area contributed by atoms with Crippen molar-refractivity contribution >= 4 is 21.8 Å². The highest BCUT2D eigenvalue weighted by Crippen LogP contribution is 2.07. The van der Waals surface area contributed by atoms with Gasteiger partial charge in [0.2, 0.25) is 0 Å². The first-order chi connectivity index (χ1) is 7.13. The number of aryl methyl sites for hydroxylation is 1. The molecule has 1 aromatic heterocycles. The fourth-order valence-corrected chi connectivity index (χ4v) is 1.63. The van der Waals surface area contributed by atoms with Crippen molar-refractivity contribution in [1.29, 1.82) is 0 Å². The number of hydrogen-bond donors (Lipinski definition) is 1. The standard InChI is InChI=1S/C11H16BrNO2/c1-8(4-3-7-12)13-11(14)10-6-5-9(2)15-10/h5-6,8H,3-4,7H2,1-2H3,(H,13,14). The molecule has 0 saturated heterocycles. The van der Waals surface area contributed by atoms with Gasteiger partial charge in [-0.3, -0.25) is 4.79 Å². The van der Waals surface area contributed by atoms with Crippen molar-refractivity contribution in [3.63, 3.8) is 0 Å². The van der Waals surface area contributed by atoms with Gasteiger partial charge in [-0.1, -0.05) is 15.9 Å². The van der Waals surface area contributed by atoms with E-state index in [1.807, 2.05) is 13.8 Å². The molecule has 1 unspecified atom stereocenters. The molecular formula is C11H16BrNO2. The maximum Gasteiger partial charge on any atom is 0.287 e. The van der Waals surface area contributed by atoms with Gasteiger partial charge in [-0.15, -0.1) is 0 Å². The van der Waals surface area contributed by atoms with E-state index in [-0.39, 0.29) is 11.9 Å². The van der Waals surface area contributed by atoms with E-state index in [4.69, 9.17) is 4.42 Å². The summed E-state index contributed by atoms with van der Waals surface area (Å²) in [5, 5.41) is 3.86. The fourth-order valence-electron chi connectivity index (χ4n) is 1.31. The molecule has 3 nitrogen and oxygen atoms in total. The molecule has 1 rings (SSSR count). The van der Waals surface area contributed by atoms with E-state index in [1.165, 1.54) is 0 Å². The summed E-state index contributed by atoms with van der Waals surface area (Å²) in [4.78, 5) is 11.6. The molecule has 0 aliphatic rings. The minimum atomic E-state index is -0.134. The topological polar surface area (TPSA) is 42.2 Å². The summed E-state index contributed by atoms with van der Waals surface area (Å²) < 4.78 is 5.23. The molecule has 4 heteroatoms. The molecule has 15 heavy (non-hydrogen) atoms. The Bertz CT molecular complexity index is 322. The second-order valence-corrected chi connectivity index (χ2v) is 4.41. The van der Waals surface area contributed by atoms with E-state index in [9.17, 15) is 4.79 Å². The van der Waals surface area contributed by atoms with Crippen molar-refractivity contribution in [1.82, 2.24) is 5.32 Å². The van der Waals surface area contributed by atoms with Gasteiger partial charge in [0, 0.05) is 11.4 Å². The monoisotopic (exact) mass is 273 g/mol. The molecule has 0 bridgehead atoms. The Labute approximate surface area is 98.4 Å². The lowest BCUT2D eigenvalue weighted by molar-refractivity contribution is 0.0909. The van der Waals surface area contributed by atoms with E-state index in [2.05, 4.69) is 21.2 Å². The van der Waals surface area contributed by atoms with Gasteiger partial charge >= 0.3 is 0 Å². The van der Waals surface area contributed by atoms with Gasteiger partial charge < -0.3 is 9.73 Å². The number of nitrogens with one attached hydrogen (secondary N) is 1. The number of furan rings is 1. The first-order valence-corrected chi connectivity index (χ1v) is 6.19. The van der Waals surface area contributed by atoms with Crippen molar-refractivity contribution in [2.24, 2.45) is 0 Å². The highest BCUT2D eigenvalue weighted by molar-refractivity contribution is 9.09. The molecule has 0 aliphatic heterocycles. The molecule has 1 atom stereocenters. The van der Waals surface area contributed by atoms with E-state index in [1.54, 1.807) is 12.1 Å². The second-order valence-electron chi connectivity index (χ2n) is 3.62. The summed E-state index contributed by atoms with van der Waals surface area (Å²) in [6.45, 7) is 3.82. The average molecular weight is 274 g/mol. The van der Waals surface area contributed by atoms with Crippen LogP contribution in [0.1, 0.15) is 36.1 Å². The number of carbonyl (C=O) groups excluding carboxylic acids is 1. The summed E-state index contributed by atoms with van der Waals surface area (Å²) in [5.74, 6) is 1.01. The minimum Gasteiger partial charge on any atom is -0.456 e. The Morgan fingerprint density at radius 2 is 2.33 bits per heavy atom. The zero-order valence-electron chi connectivity index (χ0n) is 9.05. The van der Waals surface area contributed by atoms with E-state index in [0.717, 1.165) is 23.9 Å². The van der Waals surface area contributed by atoms with Crippen LogP contribution in [-0.4, -0.2) is 17.3 Å². The molecule has 1 N–H and O–H groups in total. The van der Waals surface area contributed by atoms with Gasteiger partial charge in [-0.05, 0) is 38.8 Å². The second kappa shape index (κ2) is 5.95. The molecule has 0 saturated carbocycles. The van der Waals surface area contributed by atoms with Crippen molar-refractivity contribution in [3.8, 4) is 0 Å². The van der Waals surface area contributed by atoms with Gasteiger partial charge in [0.25, 0.3) is 5.91 Å². The smallest absolute Gasteiger partial charge is 0.287 e. The summed E-state index contributed by atoms with van der Waals surface area (Å²) in [5.41, 5.74) is 0. The van der Waals surface area contributed by atoms with Crippen molar-refractivity contribution in [2.75, 3.05) is 5.33 Å². The van der Waals surface area contributed by atoms with Gasteiger partial charge in [0.15, 0.2) is 5.76 Å².